The van der Waals surface area contributed by atoms with Gasteiger partial charge < -0.3 is 5.32 Å². The van der Waals surface area contributed by atoms with Crippen molar-refractivity contribution in [1.29, 1.82) is 0 Å². The Balaban J connectivity index is 2.93. The summed E-state index contributed by atoms with van der Waals surface area (Å²) < 4.78 is 0. The number of carbonyl (C=O) groups excluding carboxylic acids is 1. The molecule has 5 heteroatoms. The third-order valence-corrected chi connectivity index (χ3v) is 2.34. The fourth-order valence-electron chi connectivity index (χ4n) is 1.53. The first-order valence-electron chi connectivity index (χ1n) is 5.44. The van der Waals surface area contributed by atoms with E-state index < -0.39 is 4.92 Å². The zero-order valence-corrected chi connectivity index (χ0v) is 10.3. The Morgan fingerprint density at radius 2 is 2.22 bits per heavy atom. The average Bonchev–Trinajstić information content (AvgIpc) is 2.28. The number of nitrogens with zero attached hydrogens (tertiary/aromatic N) is 1. The number of nitro benzene ring substituents is 1. The molecule has 5 nitrogen and oxygen atoms in total. The van der Waals surface area contributed by atoms with Gasteiger partial charge in [0, 0.05) is 30.2 Å². The zero-order valence-electron chi connectivity index (χ0n) is 10.3. The lowest BCUT2D eigenvalue weighted by Crippen LogP contribution is -2.32. The van der Waals surface area contributed by atoms with Crippen LogP contribution in [-0.2, 0) is 0 Å². The molecule has 0 saturated heterocycles. The maximum atomic E-state index is 11.9. The second-order valence-electron chi connectivity index (χ2n) is 4.10. The van der Waals surface area contributed by atoms with Crippen molar-refractivity contribution in [2.45, 2.75) is 26.3 Å². The van der Waals surface area contributed by atoms with Gasteiger partial charge in [0.05, 0.1) is 4.92 Å². The number of aryl methyl sites for hydroxylation is 1. The minimum absolute atomic E-state index is 0.0928. The van der Waals surface area contributed by atoms with Crippen molar-refractivity contribution in [3.05, 3.63) is 39.4 Å². The molecule has 1 N–H and O–H groups in total. The van der Waals surface area contributed by atoms with E-state index in [1.54, 1.807) is 19.9 Å². The first-order chi connectivity index (χ1) is 8.43. The first-order valence-corrected chi connectivity index (χ1v) is 5.44. The fourth-order valence-corrected chi connectivity index (χ4v) is 1.53. The van der Waals surface area contributed by atoms with Gasteiger partial charge in [0.2, 0.25) is 0 Å². The Morgan fingerprint density at radius 3 is 2.78 bits per heavy atom. The third kappa shape index (κ3) is 3.59. The summed E-state index contributed by atoms with van der Waals surface area (Å²) in [4.78, 5) is 22.0. The molecule has 1 rings (SSSR count). The SMILES string of the molecule is C#CCC(C)NC(=O)c1cc(C)cc([N+](=O)[O-])c1. The molecule has 1 aromatic carbocycles. The number of nitro groups is 1. The number of nitrogens with one attached hydrogen (secondary N) is 1. The van der Waals surface area contributed by atoms with Crippen LogP contribution >= 0.6 is 0 Å². The number of hydrogen-bond donors (Lipinski definition) is 1. The van der Waals surface area contributed by atoms with Gasteiger partial charge in [-0.1, -0.05) is 0 Å². The zero-order chi connectivity index (χ0) is 13.7. The van der Waals surface area contributed by atoms with E-state index in [4.69, 9.17) is 6.42 Å². The molecule has 0 spiro atoms. The average molecular weight is 246 g/mol. The molecule has 0 aliphatic carbocycles. The van der Waals surface area contributed by atoms with Gasteiger partial charge in [-0.25, -0.2) is 0 Å². The number of carbonyl (C=O) groups is 1. The predicted molar refractivity (Wildman–Crippen MR) is 68.2 cm³/mol. The van der Waals surface area contributed by atoms with Crippen molar-refractivity contribution >= 4 is 11.6 Å². The number of non-ortho nitro benzene ring substituents is 1. The Hall–Kier alpha value is -2.35. The number of hydrogen-bond acceptors (Lipinski definition) is 3. The van der Waals surface area contributed by atoms with Crippen LogP contribution < -0.4 is 5.32 Å². The minimum atomic E-state index is -0.519. The first kappa shape index (κ1) is 13.7. The number of rotatable bonds is 4. The minimum Gasteiger partial charge on any atom is -0.349 e. The highest BCUT2D eigenvalue weighted by Gasteiger charge is 2.14. The molecule has 1 unspecified atom stereocenters. The Bertz CT molecular complexity index is 517. The van der Waals surface area contributed by atoms with Crippen LogP contribution in [-0.4, -0.2) is 16.9 Å². The Kier molecular flexibility index (Phi) is 4.44. The molecule has 1 amide bonds. The molecule has 0 aliphatic heterocycles. The molecule has 0 fully saturated rings. The van der Waals surface area contributed by atoms with Crippen LogP contribution in [0.4, 0.5) is 5.69 Å². The van der Waals surface area contributed by atoms with Crippen LogP contribution in [0.3, 0.4) is 0 Å². The Morgan fingerprint density at radius 1 is 1.56 bits per heavy atom. The van der Waals surface area contributed by atoms with Crippen molar-refractivity contribution < 1.29 is 9.72 Å². The molecule has 94 valence electrons. The summed E-state index contributed by atoms with van der Waals surface area (Å²) in [7, 11) is 0. The van der Waals surface area contributed by atoms with E-state index in [0.29, 0.717) is 12.0 Å². The number of amides is 1. The van der Waals surface area contributed by atoms with Crippen LogP contribution in [0.1, 0.15) is 29.3 Å². The maximum Gasteiger partial charge on any atom is 0.270 e. The van der Waals surface area contributed by atoms with Gasteiger partial charge in [0.15, 0.2) is 0 Å². The lowest BCUT2D eigenvalue weighted by atomic mass is 10.1. The second-order valence-corrected chi connectivity index (χ2v) is 4.10. The lowest BCUT2D eigenvalue weighted by molar-refractivity contribution is -0.384. The topological polar surface area (TPSA) is 72.2 Å². The van der Waals surface area contributed by atoms with Crippen molar-refractivity contribution in [2.24, 2.45) is 0 Å². The Labute approximate surface area is 105 Å². The highest BCUT2D eigenvalue weighted by molar-refractivity contribution is 5.95. The van der Waals surface area contributed by atoms with Crippen LogP contribution in [0.25, 0.3) is 0 Å². The summed E-state index contributed by atoms with van der Waals surface area (Å²) in [5.74, 6) is 2.09. The highest BCUT2D eigenvalue weighted by atomic mass is 16.6. The molecule has 1 atom stereocenters. The summed E-state index contributed by atoms with van der Waals surface area (Å²) in [5.41, 5.74) is 0.842. The van der Waals surface area contributed by atoms with Crippen molar-refractivity contribution in [1.82, 2.24) is 5.32 Å². The van der Waals surface area contributed by atoms with Gasteiger partial charge >= 0.3 is 0 Å². The van der Waals surface area contributed by atoms with Crippen molar-refractivity contribution in [3.8, 4) is 12.3 Å². The summed E-state index contributed by atoms with van der Waals surface area (Å²) in [6, 6.07) is 4.11. The van der Waals surface area contributed by atoms with Gasteiger partial charge in [-0.3, -0.25) is 14.9 Å². The molecular weight excluding hydrogens is 232 g/mol. The monoisotopic (exact) mass is 246 g/mol. The predicted octanol–water partition coefficient (Wildman–Crippen LogP) is 2.04. The largest absolute Gasteiger partial charge is 0.349 e. The van der Waals surface area contributed by atoms with Crippen molar-refractivity contribution in [2.75, 3.05) is 0 Å². The molecule has 0 heterocycles. The van der Waals surface area contributed by atoms with Crippen LogP contribution in [0, 0.1) is 29.4 Å². The van der Waals surface area contributed by atoms with Gasteiger partial charge in [0.1, 0.15) is 0 Å². The van der Waals surface area contributed by atoms with Gasteiger partial charge in [-0.2, -0.15) is 0 Å². The summed E-state index contributed by atoms with van der Waals surface area (Å²) in [5, 5.41) is 13.4. The van der Waals surface area contributed by atoms with Crippen LogP contribution in [0.15, 0.2) is 18.2 Å². The number of benzene rings is 1. The quantitative estimate of drug-likeness (QED) is 0.502. The summed E-state index contributed by atoms with van der Waals surface area (Å²) >= 11 is 0. The van der Waals surface area contributed by atoms with E-state index in [-0.39, 0.29) is 23.2 Å². The van der Waals surface area contributed by atoms with E-state index in [0.717, 1.165) is 0 Å². The normalized spacial score (nSPS) is 11.4. The van der Waals surface area contributed by atoms with E-state index in [1.807, 2.05) is 0 Å². The standard InChI is InChI=1S/C13H14N2O3/c1-4-5-10(3)14-13(16)11-6-9(2)7-12(8-11)15(17)18/h1,6-8,10H,5H2,2-3H3,(H,14,16). The van der Waals surface area contributed by atoms with Gasteiger partial charge in [-0.15, -0.1) is 12.3 Å². The molecule has 0 aliphatic rings. The highest BCUT2D eigenvalue weighted by Crippen LogP contribution is 2.16. The maximum absolute atomic E-state index is 11.9. The van der Waals surface area contributed by atoms with Gasteiger partial charge in [-0.05, 0) is 25.5 Å². The lowest BCUT2D eigenvalue weighted by Gasteiger charge is -2.11. The van der Waals surface area contributed by atoms with Crippen LogP contribution in [0.2, 0.25) is 0 Å². The van der Waals surface area contributed by atoms with Gasteiger partial charge in [0.25, 0.3) is 11.6 Å². The van der Waals surface area contributed by atoms with E-state index in [1.165, 1.54) is 12.1 Å². The van der Waals surface area contributed by atoms with E-state index in [2.05, 4.69) is 11.2 Å². The molecule has 18 heavy (non-hydrogen) atoms. The fraction of sp³-hybridized carbons (Fsp3) is 0.308. The summed E-state index contributed by atoms with van der Waals surface area (Å²) in [6.45, 7) is 3.48. The molecule has 0 bridgehead atoms. The van der Waals surface area contributed by atoms with Crippen molar-refractivity contribution in [3.63, 3.8) is 0 Å². The molecule has 0 aromatic heterocycles. The third-order valence-electron chi connectivity index (χ3n) is 2.34. The van der Waals surface area contributed by atoms with E-state index >= 15 is 0 Å². The smallest absolute Gasteiger partial charge is 0.270 e. The molecular formula is C13H14N2O3. The summed E-state index contributed by atoms with van der Waals surface area (Å²) in [6.07, 6.45) is 5.56. The molecule has 0 saturated carbocycles. The van der Waals surface area contributed by atoms with Crippen LogP contribution in [0.5, 0.6) is 0 Å². The molecule has 1 aromatic rings. The molecule has 0 radical (unpaired) electrons. The van der Waals surface area contributed by atoms with E-state index in [9.17, 15) is 14.9 Å². The number of terminal acetylenes is 1. The second kappa shape index (κ2) is 5.82.